The minimum absolute atomic E-state index is 0.0733. The predicted octanol–water partition coefficient (Wildman–Crippen LogP) is 2.28. The van der Waals surface area contributed by atoms with E-state index in [1.54, 1.807) is 0 Å². The van der Waals surface area contributed by atoms with E-state index in [4.69, 9.17) is 9.47 Å². The molecule has 98 valence electrons. The fourth-order valence-corrected chi connectivity index (χ4v) is 1.77. The second kappa shape index (κ2) is 5.89. The second-order valence-corrected chi connectivity index (χ2v) is 4.56. The van der Waals surface area contributed by atoms with Crippen LogP contribution in [0, 0.1) is 5.41 Å². The summed E-state index contributed by atoms with van der Waals surface area (Å²) in [6.07, 6.45) is 1.30. The Morgan fingerprint density at radius 1 is 1.53 bits per heavy atom. The number of carbonyl (C=O) groups excluding carboxylic acids is 2. The van der Waals surface area contributed by atoms with Crippen molar-refractivity contribution in [1.29, 1.82) is 0 Å². The molecule has 0 aromatic carbocycles. The summed E-state index contributed by atoms with van der Waals surface area (Å²) in [7, 11) is 0. The highest BCUT2D eigenvalue weighted by Gasteiger charge is 2.34. The molecule has 1 aliphatic rings. The number of esters is 1. The molecule has 5 heteroatoms. The Morgan fingerprint density at radius 2 is 2.24 bits per heavy atom. The van der Waals surface area contributed by atoms with Crippen molar-refractivity contribution >= 4 is 12.1 Å². The first-order valence-corrected chi connectivity index (χ1v) is 6.02. The molecule has 1 rings (SSSR count). The first kappa shape index (κ1) is 13.8. The van der Waals surface area contributed by atoms with E-state index in [0.717, 1.165) is 19.3 Å². The van der Waals surface area contributed by atoms with Crippen LogP contribution in [0.1, 0.15) is 40.0 Å². The number of hydrogen-bond donors (Lipinski definition) is 0. The van der Waals surface area contributed by atoms with Gasteiger partial charge in [-0.1, -0.05) is 20.3 Å². The highest BCUT2D eigenvalue weighted by atomic mass is 16.8. The summed E-state index contributed by atoms with van der Waals surface area (Å²) in [5.41, 5.74) is -0.446. The molecular weight excluding hydrogens is 224 g/mol. The third-order valence-corrected chi connectivity index (χ3v) is 3.13. The van der Waals surface area contributed by atoms with Gasteiger partial charge in [0.1, 0.15) is 13.2 Å². The van der Waals surface area contributed by atoms with Gasteiger partial charge in [0.25, 0.3) is 0 Å². The van der Waals surface area contributed by atoms with Gasteiger partial charge in [-0.05, 0) is 19.8 Å². The molecular formula is C12H20O5. The lowest BCUT2D eigenvalue weighted by molar-refractivity contribution is -0.158. The molecule has 1 fully saturated rings. The molecule has 1 saturated heterocycles. The maximum atomic E-state index is 11.9. The molecule has 0 spiro atoms. The SMILES string of the molecule is CCCC(C)(CC)C(=O)OCC1COC(=O)O1. The molecule has 0 N–H and O–H groups in total. The highest BCUT2D eigenvalue weighted by molar-refractivity contribution is 5.76. The van der Waals surface area contributed by atoms with E-state index < -0.39 is 17.7 Å². The van der Waals surface area contributed by atoms with Gasteiger partial charge in [0.2, 0.25) is 0 Å². The van der Waals surface area contributed by atoms with Crippen LogP contribution >= 0.6 is 0 Å². The van der Waals surface area contributed by atoms with Crippen LogP contribution in [-0.2, 0) is 19.0 Å². The van der Waals surface area contributed by atoms with E-state index in [9.17, 15) is 9.59 Å². The number of hydrogen-bond acceptors (Lipinski definition) is 5. The van der Waals surface area contributed by atoms with Crippen molar-refractivity contribution in [3.05, 3.63) is 0 Å². The Kier molecular flexibility index (Phi) is 4.78. The maximum absolute atomic E-state index is 11.9. The Hall–Kier alpha value is -1.26. The van der Waals surface area contributed by atoms with Crippen LogP contribution < -0.4 is 0 Å². The molecule has 1 heterocycles. The Balaban J connectivity index is 2.39. The summed E-state index contributed by atoms with van der Waals surface area (Å²) in [6.45, 7) is 6.13. The van der Waals surface area contributed by atoms with Crippen LogP contribution in [0.4, 0.5) is 4.79 Å². The molecule has 0 amide bonds. The van der Waals surface area contributed by atoms with E-state index in [-0.39, 0.29) is 19.2 Å². The van der Waals surface area contributed by atoms with Crippen molar-refractivity contribution in [2.45, 2.75) is 46.1 Å². The van der Waals surface area contributed by atoms with Gasteiger partial charge >= 0.3 is 12.1 Å². The molecule has 1 aliphatic heterocycles. The van der Waals surface area contributed by atoms with E-state index in [1.807, 2.05) is 20.8 Å². The van der Waals surface area contributed by atoms with Crippen molar-refractivity contribution in [2.24, 2.45) is 5.41 Å². The quantitative estimate of drug-likeness (QED) is 0.671. The zero-order chi connectivity index (χ0) is 12.9. The first-order valence-electron chi connectivity index (χ1n) is 6.02. The number of rotatable bonds is 6. The Labute approximate surface area is 101 Å². The molecule has 2 atom stereocenters. The minimum Gasteiger partial charge on any atom is -0.461 e. The van der Waals surface area contributed by atoms with Gasteiger partial charge in [-0.3, -0.25) is 4.79 Å². The van der Waals surface area contributed by atoms with Gasteiger partial charge < -0.3 is 14.2 Å². The Morgan fingerprint density at radius 3 is 2.71 bits per heavy atom. The lowest BCUT2D eigenvalue weighted by Crippen LogP contribution is -2.32. The van der Waals surface area contributed by atoms with Gasteiger partial charge in [-0.25, -0.2) is 4.79 Å². The molecule has 0 bridgehead atoms. The smallest absolute Gasteiger partial charge is 0.461 e. The van der Waals surface area contributed by atoms with Gasteiger partial charge in [-0.15, -0.1) is 0 Å². The Bertz CT molecular complexity index is 289. The maximum Gasteiger partial charge on any atom is 0.508 e. The van der Waals surface area contributed by atoms with Crippen LogP contribution in [-0.4, -0.2) is 31.4 Å². The zero-order valence-corrected chi connectivity index (χ0v) is 10.7. The van der Waals surface area contributed by atoms with Gasteiger partial charge in [0.15, 0.2) is 6.10 Å². The van der Waals surface area contributed by atoms with Gasteiger partial charge in [-0.2, -0.15) is 0 Å². The summed E-state index contributed by atoms with van der Waals surface area (Å²) < 4.78 is 14.6. The monoisotopic (exact) mass is 244 g/mol. The summed E-state index contributed by atoms with van der Waals surface area (Å²) in [4.78, 5) is 22.6. The molecule has 0 aromatic rings. The third kappa shape index (κ3) is 3.61. The van der Waals surface area contributed by atoms with Gasteiger partial charge in [0, 0.05) is 0 Å². The molecule has 17 heavy (non-hydrogen) atoms. The van der Waals surface area contributed by atoms with Crippen molar-refractivity contribution in [1.82, 2.24) is 0 Å². The van der Waals surface area contributed by atoms with E-state index in [1.165, 1.54) is 0 Å². The lowest BCUT2D eigenvalue weighted by Gasteiger charge is -2.25. The number of cyclic esters (lactones) is 2. The normalized spacial score (nSPS) is 22.5. The first-order chi connectivity index (χ1) is 8.01. The fraction of sp³-hybridized carbons (Fsp3) is 0.833. The van der Waals surface area contributed by atoms with Crippen LogP contribution in [0.25, 0.3) is 0 Å². The van der Waals surface area contributed by atoms with Gasteiger partial charge in [0.05, 0.1) is 5.41 Å². The topological polar surface area (TPSA) is 61.8 Å². The fourth-order valence-electron chi connectivity index (χ4n) is 1.77. The van der Waals surface area contributed by atoms with Crippen LogP contribution in [0.2, 0.25) is 0 Å². The molecule has 0 aliphatic carbocycles. The van der Waals surface area contributed by atoms with Crippen molar-refractivity contribution in [3.8, 4) is 0 Å². The summed E-state index contributed by atoms with van der Waals surface area (Å²) in [5, 5.41) is 0. The summed E-state index contributed by atoms with van der Waals surface area (Å²) in [5.74, 6) is -0.232. The number of ether oxygens (including phenoxy) is 3. The summed E-state index contributed by atoms with van der Waals surface area (Å²) >= 11 is 0. The predicted molar refractivity (Wildman–Crippen MR) is 60.5 cm³/mol. The zero-order valence-electron chi connectivity index (χ0n) is 10.7. The molecule has 5 nitrogen and oxygen atoms in total. The summed E-state index contributed by atoms with van der Waals surface area (Å²) in [6, 6.07) is 0. The second-order valence-electron chi connectivity index (χ2n) is 4.56. The molecule has 0 aromatic heterocycles. The average Bonchev–Trinajstić information content (AvgIpc) is 2.72. The van der Waals surface area contributed by atoms with E-state index in [0.29, 0.717) is 0 Å². The van der Waals surface area contributed by atoms with Crippen LogP contribution in [0.5, 0.6) is 0 Å². The largest absolute Gasteiger partial charge is 0.508 e. The molecule has 0 radical (unpaired) electrons. The van der Waals surface area contributed by atoms with Crippen molar-refractivity contribution < 1.29 is 23.8 Å². The number of carbonyl (C=O) groups is 2. The molecule has 0 saturated carbocycles. The lowest BCUT2D eigenvalue weighted by atomic mass is 9.83. The van der Waals surface area contributed by atoms with Crippen molar-refractivity contribution in [3.63, 3.8) is 0 Å². The van der Waals surface area contributed by atoms with Crippen LogP contribution in [0.15, 0.2) is 0 Å². The standard InChI is InChI=1S/C12H20O5/c1-4-6-12(3,5-2)10(13)15-7-9-8-16-11(14)17-9/h9H,4-8H2,1-3H3. The van der Waals surface area contributed by atoms with E-state index >= 15 is 0 Å². The highest BCUT2D eigenvalue weighted by Crippen LogP contribution is 2.29. The third-order valence-electron chi connectivity index (χ3n) is 3.13. The average molecular weight is 244 g/mol. The van der Waals surface area contributed by atoms with Crippen LogP contribution in [0.3, 0.4) is 0 Å². The van der Waals surface area contributed by atoms with E-state index in [2.05, 4.69) is 4.74 Å². The molecule has 2 unspecified atom stereocenters. The van der Waals surface area contributed by atoms with Crippen molar-refractivity contribution in [2.75, 3.05) is 13.2 Å². The minimum atomic E-state index is -0.696.